The first kappa shape index (κ1) is 28.4. The van der Waals surface area contributed by atoms with Crippen LogP contribution >= 0.6 is 0 Å². The fourth-order valence-electron chi connectivity index (χ4n) is 3.50. The van der Waals surface area contributed by atoms with E-state index in [1.165, 1.54) is 115 Å². The normalized spacial score (nSPS) is 12.6. The summed E-state index contributed by atoms with van der Waals surface area (Å²) in [6.45, 7) is 7.54. The van der Waals surface area contributed by atoms with E-state index in [0.29, 0.717) is 0 Å². The van der Waals surface area contributed by atoms with E-state index in [1.54, 1.807) is 0 Å². The van der Waals surface area contributed by atoms with Gasteiger partial charge in [-0.15, -0.1) is 0 Å². The first-order chi connectivity index (χ1) is 14.9. The number of unbranched alkanes of at least 4 members (excludes halogenated alkanes) is 16. The predicted octanol–water partition coefficient (Wildman–Crippen LogP) is 10.4. The molecule has 0 bridgehead atoms. The molecular weight excluding hydrogens is 360 g/mol. The molecule has 0 aromatic carbocycles. The molecule has 30 heavy (non-hydrogen) atoms. The maximum atomic E-state index is 5.25. The van der Waals surface area contributed by atoms with E-state index >= 15 is 0 Å². The van der Waals surface area contributed by atoms with Crippen LogP contribution in [0.1, 0.15) is 116 Å². The van der Waals surface area contributed by atoms with Crippen LogP contribution in [0, 0.1) is 6.58 Å². The summed E-state index contributed by atoms with van der Waals surface area (Å²) in [4.78, 5) is 0. The predicted molar refractivity (Wildman–Crippen MR) is 139 cm³/mol. The molecule has 0 spiro atoms. The minimum absolute atomic E-state index is 1.20. The molecule has 169 valence electrons. The van der Waals surface area contributed by atoms with Crippen molar-refractivity contribution in [2.45, 2.75) is 116 Å². The lowest BCUT2D eigenvalue weighted by Gasteiger charge is -2.03. The van der Waals surface area contributed by atoms with Crippen LogP contribution in [-0.4, -0.2) is 0 Å². The Hall–Kier alpha value is -1.56. The summed E-state index contributed by atoms with van der Waals surface area (Å²) in [5, 5.41) is 0. The molecule has 0 heterocycles. The van der Waals surface area contributed by atoms with E-state index in [4.69, 9.17) is 6.58 Å². The van der Waals surface area contributed by atoms with Gasteiger partial charge in [0.25, 0.3) is 0 Å². The highest BCUT2D eigenvalue weighted by atomic mass is 14.0. The Morgan fingerprint density at radius 3 is 1.13 bits per heavy atom. The summed E-state index contributed by atoms with van der Waals surface area (Å²) < 4.78 is 0. The molecule has 1 radical (unpaired) electrons. The summed E-state index contributed by atoms with van der Waals surface area (Å²) in [5.74, 6) is 0. The second-order valence-corrected chi connectivity index (χ2v) is 8.25. The van der Waals surface area contributed by atoms with Gasteiger partial charge in [0.05, 0.1) is 0 Å². The fourth-order valence-corrected chi connectivity index (χ4v) is 3.50. The second kappa shape index (κ2) is 27.4. The molecule has 0 fully saturated rings. The number of hydrogen-bond acceptors (Lipinski definition) is 0. The van der Waals surface area contributed by atoms with Gasteiger partial charge in [-0.1, -0.05) is 177 Å². The molecule has 0 saturated heterocycles. The first-order valence-corrected chi connectivity index (χ1v) is 12.8. The average molecular weight is 410 g/mol. The molecular formula is C30H49. The number of hydrogen-bond donors (Lipinski definition) is 0. The maximum absolute atomic E-state index is 5.25. The van der Waals surface area contributed by atoms with Crippen LogP contribution in [0.2, 0.25) is 0 Å². The van der Waals surface area contributed by atoms with Gasteiger partial charge in [0.1, 0.15) is 0 Å². The Balaban J connectivity index is 3.25. The van der Waals surface area contributed by atoms with E-state index in [2.05, 4.69) is 31.2 Å². The zero-order chi connectivity index (χ0) is 21.8. The number of allylic oxidation sites excluding steroid dienone is 11. The lowest BCUT2D eigenvalue weighted by atomic mass is 10.0. The second-order valence-electron chi connectivity index (χ2n) is 8.25. The average Bonchev–Trinajstić information content (AvgIpc) is 2.76. The molecule has 0 rings (SSSR count). The largest absolute Gasteiger partial charge is 0.0845 e. The van der Waals surface area contributed by atoms with Gasteiger partial charge in [0.15, 0.2) is 0 Å². The third-order valence-electron chi connectivity index (χ3n) is 5.36. The van der Waals surface area contributed by atoms with Crippen molar-refractivity contribution >= 4 is 0 Å². The van der Waals surface area contributed by atoms with Gasteiger partial charge >= 0.3 is 0 Å². The molecule has 0 aromatic heterocycles. The standard InChI is InChI=1S/C30H49/c1-3-5-7-9-11-13-15-17-19-21-23-25-27-29-30-28-26-24-22-20-18-16-14-12-10-8-6-4-2/h1,3,5,7,9,11,13,15,17,19,21,23H,4,6,8,10,12,14,16,18,20,22,24-30H2,2H3. The van der Waals surface area contributed by atoms with E-state index in [9.17, 15) is 0 Å². The molecule has 0 unspecified atom stereocenters. The van der Waals surface area contributed by atoms with Crippen molar-refractivity contribution in [2.24, 2.45) is 0 Å². The van der Waals surface area contributed by atoms with E-state index < -0.39 is 0 Å². The quantitative estimate of drug-likeness (QED) is 0.123. The van der Waals surface area contributed by atoms with Crippen molar-refractivity contribution in [3.05, 3.63) is 73.4 Å². The third kappa shape index (κ3) is 26.4. The molecule has 0 saturated carbocycles. The van der Waals surface area contributed by atoms with Crippen molar-refractivity contribution in [1.29, 1.82) is 0 Å². The Morgan fingerprint density at radius 2 is 0.733 bits per heavy atom. The fraction of sp³-hybridized carbons (Fsp3) is 0.600. The van der Waals surface area contributed by atoms with Gasteiger partial charge < -0.3 is 0 Å². The van der Waals surface area contributed by atoms with Gasteiger partial charge in [-0.05, 0) is 12.8 Å². The van der Waals surface area contributed by atoms with Gasteiger partial charge in [-0.25, -0.2) is 0 Å². The van der Waals surface area contributed by atoms with Crippen LogP contribution in [0.3, 0.4) is 0 Å². The van der Waals surface area contributed by atoms with Crippen LogP contribution in [-0.2, 0) is 0 Å². The zero-order valence-electron chi connectivity index (χ0n) is 19.9. The lowest BCUT2D eigenvalue weighted by molar-refractivity contribution is 0.530. The maximum Gasteiger partial charge on any atom is -0.0348 e. The monoisotopic (exact) mass is 409 g/mol. The molecule has 0 aliphatic rings. The molecule has 0 aliphatic heterocycles. The van der Waals surface area contributed by atoms with Gasteiger partial charge in [0.2, 0.25) is 0 Å². The summed E-state index contributed by atoms with van der Waals surface area (Å²) in [6, 6.07) is 0. The highest BCUT2D eigenvalue weighted by Gasteiger charge is 1.94. The molecule has 0 atom stereocenters. The summed E-state index contributed by atoms with van der Waals surface area (Å²) >= 11 is 0. The van der Waals surface area contributed by atoms with Crippen molar-refractivity contribution in [3.63, 3.8) is 0 Å². The van der Waals surface area contributed by atoms with Gasteiger partial charge in [-0.3, -0.25) is 0 Å². The van der Waals surface area contributed by atoms with E-state index in [0.717, 1.165) is 0 Å². The molecule has 0 N–H and O–H groups in total. The van der Waals surface area contributed by atoms with Crippen molar-refractivity contribution in [1.82, 2.24) is 0 Å². The Kier molecular flexibility index (Phi) is 26.0. The van der Waals surface area contributed by atoms with Crippen molar-refractivity contribution < 1.29 is 0 Å². The molecule has 0 nitrogen and oxygen atoms in total. The van der Waals surface area contributed by atoms with Crippen molar-refractivity contribution in [2.75, 3.05) is 0 Å². The molecule has 0 aliphatic carbocycles. The van der Waals surface area contributed by atoms with Gasteiger partial charge in [-0.2, -0.15) is 0 Å². The Morgan fingerprint density at radius 1 is 0.400 bits per heavy atom. The zero-order valence-corrected chi connectivity index (χ0v) is 19.9. The van der Waals surface area contributed by atoms with Crippen molar-refractivity contribution in [3.8, 4) is 0 Å². The smallest absolute Gasteiger partial charge is 0.0348 e. The minimum Gasteiger partial charge on any atom is -0.0845 e. The highest BCUT2D eigenvalue weighted by Crippen LogP contribution is 2.14. The molecule has 0 heteroatoms. The van der Waals surface area contributed by atoms with Crippen LogP contribution in [0.25, 0.3) is 0 Å². The first-order valence-electron chi connectivity index (χ1n) is 12.8. The minimum atomic E-state index is 1.20. The summed E-state index contributed by atoms with van der Waals surface area (Å²) in [5.41, 5.74) is 0. The number of rotatable bonds is 22. The Labute approximate surface area is 189 Å². The topological polar surface area (TPSA) is 0 Å². The summed E-state index contributed by atoms with van der Waals surface area (Å²) in [7, 11) is 0. The summed E-state index contributed by atoms with van der Waals surface area (Å²) in [6.07, 6.45) is 46.0. The van der Waals surface area contributed by atoms with Gasteiger partial charge in [0, 0.05) is 0 Å². The van der Waals surface area contributed by atoms with Crippen LogP contribution in [0.5, 0.6) is 0 Å². The van der Waals surface area contributed by atoms with Crippen LogP contribution < -0.4 is 0 Å². The van der Waals surface area contributed by atoms with Crippen LogP contribution in [0.4, 0.5) is 0 Å². The Bertz CT molecular complexity index is 472. The van der Waals surface area contributed by atoms with Crippen LogP contribution in [0.15, 0.2) is 66.8 Å². The molecule has 0 amide bonds. The lowest BCUT2D eigenvalue weighted by Crippen LogP contribution is -1.83. The molecule has 0 aromatic rings. The van der Waals surface area contributed by atoms with E-state index in [1.807, 2.05) is 36.5 Å². The third-order valence-corrected chi connectivity index (χ3v) is 5.36. The highest BCUT2D eigenvalue weighted by molar-refractivity contribution is 5.18. The van der Waals surface area contributed by atoms with E-state index in [-0.39, 0.29) is 0 Å². The SMILES string of the molecule is [CH]=CC=CC=CC=CC=CC=CCCCCCCCCCCCCCCCCCC.